The maximum atomic E-state index is 12.4. The number of benzene rings is 1. The fraction of sp³-hybridized carbons (Fsp3) is 0.500. The van der Waals surface area contributed by atoms with Gasteiger partial charge in [0.25, 0.3) is 0 Å². The monoisotopic (exact) mass is 290 g/mol. The van der Waals surface area contributed by atoms with Crippen molar-refractivity contribution in [2.45, 2.75) is 39.7 Å². The van der Waals surface area contributed by atoms with E-state index in [9.17, 15) is 4.79 Å². The summed E-state index contributed by atoms with van der Waals surface area (Å²) in [5, 5.41) is 3.01. The van der Waals surface area contributed by atoms with Crippen LogP contribution in [0.5, 0.6) is 0 Å². The van der Waals surface area contributed by atoms with E-state index in [1.807, 2.05) is 12.1 Å². The Morgan fingerprint density at radius 3 is 2.50 bits per heavy atom. The molecule has 0 atom stereocenters. The molecule has 3 nitrogen and oxygen atoms in total. The molecule has 0 unspecified atom stereocenters. The molecule has 1 fully saturated rings. The highest BCUT2D eigenvalue weighted by atomic mass is 32.1. The fourth-order valence-corrected chi connectivity index (χ4v) is 3.31. The topological polar surface area (TPSA) is 55.1 Å². The van der Waals surface area contributed by atoms with Crippen LogP contribution in [-0.2, 0) is 17.8 Å². The number of aryl methyl sites for hydroxylation is 1. The molecule has 1 aliphatic carbocycles. The van der Waals surface area contributed by atoms with Gasteiger partial charge < -0.3 is 11.1 Å². The van der Waals surface area contributed by atoms with Crippen LogP contribution in [0.3, 0.4) is 0 Å². The quantitative estimate of drug-likeness (QED) is 0.820. The average molecular weight is 290 g/mol. The Balaban J connectivity index is 2.03. The normalized spacial score (nSPS) is 24.8. The molecule has 0 radical (unpaired) electrons. The minimum atomic E-state index is -0.615. The Kier molecular flexibility index (Phi) is 4.43. The lowest BCUT2D eigenvalue weighted by Crippen LogP contribution is -2.55. The molecule has 2 rings (SSSR count). The van der Waals surface area contributed by atoms with Crippen molar-refractivity contribution in [3.63, 3.8) is 0 Å². The van der Waals surface area contributed by atoms with Gasteiger partial charge in [-0.1, -0.05) is 50.3 Å². The van der Waals surface area contributed by atoms with E-state index < -0.39 is 5.41 Å². The van der Waals surface area contributed by atoms with Gasteiger partial charge in [-0.3, -0.25) is 4.79 Å². The van der Waals surface area contributed by atoms with Gasteiger partial charge in [0.2, 0.25) is 5.91 Å². The summed E-state index contributed by atoms with van der Waals surface area (Å²) < 4.78 is 0. The van der Waals surface area contributed by atoms with E-state index in [1.54, 1.807) is 0 Å². The first-order chi connectivity index (χ1) is 9.49. The number of carbonyl (C=O) groups excluding carboxylic acids is 1. The van der Waals surface area contributed by atoms with Gasteiger partial charge in [0.15, 0.2) is 0 Å². The Bertz CT molecular complexity index is 521. The largest absolute Gasteiger partial charge is 0.392 e. The van der Waals surface area contributed by atoms with Gasteiger partial charge in [0.05, 0.1) is 10.4 Å². The third kappa shape index (κ3) is 2.70. The smallest absolute Gasteiger partial charge is 0.233 e. The van der Waals surface area contributed by atoms with Crippen LogP contribution in [0.1, 0.15) is 37.8 Å². The average Bonchev–Trinajstić information content (AvgIpc) is 2.40. The van der Waals surface area contributed by atoms with Crippen molar-refractivity contribution in [3.05, 3.63) is 35.4 Å². The minimum absolute atomic E-state index is 0.0194. The molecule has 0 bridgehead atoms. The molecule has 3 N–H and O–H groups in total. The number of hydrogen-bond acceptors (Lipinski definition) is 2. The Morgan fingerprint density at radius 1 is 1.40 bits per heavy atom. The van der Waals surface area contributed by atoms with E-state index >= 15 is 0 Å². The van der Waals surface area contributed by atoms with Crippen LogP contribution in [0.2, 0.25) is 0 Å². The molecule has 4 heteroatoms. The second-order valence-corrected chi connectivity index (χ2v) is 6.20. The number of amides is 1. The molecule has 0 saturated heterocycles. The second kappa shape index (κ2) is 5.92. The molecule has 0 aromatic heterocycles. The van der Waals surface area contributed by atoms with Crippen molar-refractivity contribution in [2.75, 3.05) is 0 Å². The zero-order chi connectivity index (χ0) is 14.8. The molecule has 0 aliphatic heterocycles. The second-order valence-electron chi connectivity index (χ2n) is 5.76. The van der Waals surface area contributed by atoms with Crippen molar-refractivity contribution in [3.8, 4) is 0 Å². The maximum absolute atomic E-state index is 12.4. The zero-order valence-corrected chi connectivity index (χ0v) is 12.9. The first-order valence-electron chi connectivity index (χ1n) is 7.14. The van der Waals surface area contributed by atoms with Crippen molar-refractivity contribution >= 4 is 23.1 Å². The minimum Gasteiger partial charge on any atom is -0.392 e. The summed E-state index contributed by atoms with van der Waals surface area (Å²) in [7, 11) is 0. The number of thiocarbonyl (C=S) groups is 1. The van der Waals surface area contributed by atoms with Crippen LogP contribution in [0.15, 0.2) is 24.3 Å². The van der Waals surface area contributed by atoms with Crippen molar-refractivity contribution < 1.29 is 4.79 Å². The molecular weight excluding hydrogens is 268 g/mol. The van der Waals surface area contributed by atoms with E-state index in [0.717, 1.165) is 24.8 Å². The van der Waals surface area contributed by atoms with Gasteiger partial charge in [-0.2, -0.15) is 0 Å². The van der Waals surface area contributed by atoms with Gasteiger partial charge in [0, 0.05) is 6.54 Å². The Labute approximate surface area is 125 Å². The zero-order valence-electron chi connectivity index (χ0n) is 12.1. The van der Waals surface area contributed by atoms with Crippen molar-refractivity contribution in [2.24, 2.45) is 17.1 Å². The van der Waals surface area contributed by atoms with Crippen LogP contribution < -0.4 is 11.1 Å². The fourth-order valence-electron chi connectivity index (χ4n) is 3.05. The number of carbonyl (C=O) groups is 1. The number of rotatable bonds is 5. The summed E-state index contributed by atoms with van der Waals surface area (Å²) in [6.45, 7) is 4.78. The maximum Gasteiger partial charge on any atom is 0.233 e. The van der Waals surface area contributed by atoms with Gasteiger partial charge in [-0.25, -0.2) is 0 Å². The lowest BCUT2D eigenvalue weighted by molar-refractivity contribution is -0.133. The molecule has 108 valence electrons. The molecular formula is C16H22N2OS. The molecule has 1 saturated carbocycles. The molecule has 1 amide bonds. The van der Waals surface area contributed by atoms with Crippen LogP contribution in [0.4, 0.5) is 0 Å². The van der Waals surface area contributed by atoms with E-state index in [4.69, 9.17) is 18.0 Å². The summed E-state index contributed by atoms with van der Waals surface area (Å²) >= 11 is 5.11. The molecule has 0 heterocycles. The Hall–Kier alpha value is -1.42. The van der Waals surface area contributed by atoms with Gasteiger partial charge in [-0.15, -0.1) is 0 Å². The summed E-state index contributed by atoms with van der Waals surface area (Å²) in [6, 6.07) is 8.16. The molecule has 1 aromatic carbocycles. The molecule has 0 spiro atoms. The SMILES string of the molecule is CCc1ccccc1CNC(=O)C1(C(N)=S)CC(C)C1. The first kappa shape index (κ1) is 15.0. The number of hydrogen-bond donors (Lipinski definition) is 2. The predicted octanol–water partition coefficient (Wildman–Crippen LogP) is 2.57. The van der Waals surface area contributed by atoms with E-state index in [0.29, 0.717) is 17.5 Å². The van der Waals surface area contributed by atoms with Gasteiger partial charge in [0.1, 0.15) is 0 Å². The van der Waals surface area contributed by atoms with Crippen LogP contribution in [-0.4, -0.2) is 10.9 Å². The summed E-state index contributed by atoms with van der Waals surface area (Å²) in [4.78, 5) is 12.8. The highest BCUT2D eigenvalue weighted by molar-refractivity contribution is 7.80. The van der Waals surface area contributed by atoms with Crippen LogP contribution in [0.25, 0.3) is 0 Å². The highest BCUT2D eigenvalue weighted by Gasteiger charge is 2.50. The van der Waals surface area contributed by atoms with Crippen LogP contribution in [0, 0.1) is 11.3 Å². The van der Waals surface area contributed by atoms with E-state index in [1.165, 1.54) is 5.56 Å². The standard InChI is InChI=1S/C16H22N2OS/c1-3-12-6-4-5-7-13(12)10-18-15(19)16(14(17)20)8-11(2)9-16/h4-7,11H,3,8-10H2,1-2H3,(H2,17,20)(H,18,19). The third-order valence-corrected chi connectivity index (χ3v) is 4.63. The lowest BCUT2D eigenvalue weighted by Gasteiger charge is -2.44. The highest BCUT2D eigenvalue weighted by Crippen LogP contribution is 2.46. The van der Waals surface area contributed by atoms with E-state index in [2.05, 4.69) is 31.3 Å². The van der Waals surface area contributed by atoms with E-state index in [-0.39, 0.29) is 5.91 Å². The van der Waals surface area contributed by atoms with Crippen LogP contribution >= 0.6 is 12.2 Å². The van der Waals surface area contributed by atoms with Crippen molar-refractivity contribution in [1.29, 1.82) is 0 Å². The predicted molar refractivity (Wildman–Crippen MR) is 85.3 cm³/mol. The number of nitrogens with one attached hydrogen (secondary N) is 1. The first-order valence-corrected chi connectivity index (χ1v) is 7.55. The summed E-state index contributed by atoms with van der Waals surface area (Å²) in [6.07, 6.45) is 2.50. The summed E-state index contributed by atoms with van der Waals surface area (Å²) in [5.41, 5.74) is 7.60. The number of nitrogens with two attached hydrogens (primary N) is 1. The van der Waals surface area contributed by atoms with Gasteiger partial charge in [-0.05, 0) is 36.3 Å². The van der Waals surface area contributed by atoms with Crippen molar-refractivity contribution in [1.82, 2.24) is 5.32 Å². The molecule has 1 aliphatic rings. The lowest BCUT2D eigenvalue weighted by atomic mass is 9.62. The van der Waals surface area contributed by atoms with Gasteiger partial charge >= 0.3 is 0 Å². The molecule has 20 heavy (non-hydrogen) atoms. The Morgan fingerprint density at radius 2 is 2.00 bits per heavy atom. The summed E-state index contributed by atoms with van der Waals surface area (Å²) in [5.74, 6) is 0.499. The third-order valence-electron chi connectivity index (χ3n) is 4.24. The molecule has 1 aromatic rings.